The van der Waals surface area contributed by atoms with Gasteiger partial charge in [0.25, 0.3) is 0 Å². The highest BCUT2D eigenvalue weighted by molar-refractivity contribution is 9.10. The molecule has 0 saturated heterocycles. The molecule has 0 fully saturated rings. The van der Waals surface area contributed by atoms with Crippen molar-refractivity contribution in [1.29, 1.82) is 0 Å². The van der Waals surface area contributed by atoms with Gasteiger partial charge >= 0.3 is 0 Å². The molecule has 0 aliphatic carbocycles. The zero-order valence-corrected chi connectivity index (χ0v) is 12.7. The first-order valence-corrected chi connectivity index (χ1v) is 6.84. The van der Waals surface area contributed by atoms with Crippen LogP contribution in [0.5, 0.6) is 5.75 Å². The minimum atomic E-state index is 0.384. The normalized spacial score (nSPS) is 10.9. The van der Waals surface area contributed by atoms with Gasteiger partial charge < -0.3 is 10.5 Å². The standard InChI is InChI=1S/C14H13BrN4O/c1-8-3-4-12(20-2)11(5-8)19-13-10(18-14(19)16)6-9(15)7-17-13/h3-7H,1-2H3,(H2,16,18). The van der Waals surface area contributed by atoms with E-state index in [-0.39, 0.29) is 0 Å². The smallest absolute Gasteiger partial charge is 0.207 e. The number of aromatic nitrogens is 3. The van der Waals surface area contributed by atoms with Crippen molar-refractivity contribution in [3.05, 3.63) is 40.5 Å². The van der Waals surface area contributed by atoms with Crippen LogP contribution >= 0.6 is 15.9 Å². The van der Waals surface area contributed by atoms with E-state index in [9.17, 15) is 0 Å². The molecule has 3 aromatic rings. The predicted molar refractivity (Wildman–Crippen MR) is 82.3 cm³/mol. The lowest BCUT2D eigenvalue weighted by Gasteiger charge is -2.12. The number of imidazole rings is 1. The molecule has 3 rings (SSSR count). The molecule has 2 N–H and O–H groups in total. The van der Waals surface area contributed by atoms with Gasteiger partial charge in [-0.05, 0) is 46.6 Å². The first kappa shape index (κ1) is 12.9. The Bertz CT molecular complexity index is 797. The average Bonchev–Trinajstić information content (AvgIpc) is 2.73. The number of pyridine rings is 1. The molecule has 0 amide bonds. The Morgan fingerprint density at radius 1 is 1.30 bits per heavy atom. The highest BCUT2D eigenvalue weighted by Crippen LogP contribution is 2.30. The van der Waals surface area contributed by atoms with Gasteiger partial charge in [-0.1, -0.05) is 6.07 Å². The van der Waals surface area contributed by atoms with E-state index in [0.717, 1.165) is 27.0 Å². The van der Waals surface area contributed by atoms with E-state index in [1.807, 2.05) is 31.2 Å². The number of fused-ring (bicyclic) bond motifs is 1. The van der Waals surface area contributed by atoms with Crippen molar-refractivity contribution in [2.75, 3.05) is 12.8 Å². The second-order valence-corrected chi connectivity index (χ2v) is 5.39. The molecule has 0 bridgehead atoms. The van der Waals surface area contributed by atoms with E-state index in [4.69, 9.17) is 10.5 Å². The number of rotatable bonds is 2. The number of anilines is 1. The molecular formula is C14H13BrN4O. The van der Waals surface area contributed by atoms with Crippen LogP contribution in [-0.2, 0) is 0 Å². The summed E-state index contributed by atoms with van der Waals surface area (Å²) in [6.45, 7) is 2.02. The Hall–Kier alpha value is -2.08. The van der Waals surface area contributed by atoms with E-state index in [0.29, 0.717) is 11.6 Å². The number of hydrogen-bond acceptors (Lipinski definition) is 4. The monoisotopic (exact) mass is 332 g/mol. The van der Waals surface area contributed by atoms with Gasteiger partial charge in [-0.15, -0.1) is 0 Å². The number of nitrogens with zero attached hydrogens (tertiary/aromatic N) is 3. The first-order chi connectivity index (χ1) is 9.60. The molecule has 1 aromatic carbocycles. The molecule has 102 valence electrons. The Labute approximate surface area is 124 Å². The van der Waals surface area contributed by atoms with E-state index in [1.54, 1.807) is 17.9 Å². The van der Waals surface area contributed by atoms with Crippen LogP contribution in [0.25, 0.3) is 16.9 Å². The maximum Gasteiger partial charge on any atom is 0.207 e. The summed E-state index contributed by atoms with van der Waals surface area (Å²) in [7, 11) is 1.63. The van der Waals surface area contributed by atoms with Gasteiger partial charge in [-0.25, -0.2) is 9.97 Å². The van der Waals surface area contributed by atoms with Gasteiger partial charge in [0.1, 0.15) is 11.3 Å². The maximum atomic E-state index is 6.05. The van der Waals surface area contributed by atoms with E-state index < -0.39 is 0 Å². The number of halogens is 1. The molecule has 0 spiro atoms. The maximum absolute atomic E-state index is 6.05. The van der Waals surface area contributed by atoms with Crippen LogP contribution in [0.3, 0.4) is 0 Å². The van der Waals surface area contributed by atoms with Crippen molar-refractivity contribution in [2.24, 2.45) is 0 Å². The molecule has 6 heteroatoms. The molecule has 5 nitrogen and oxygen atoms in total. The molecule has 0 unspecified atom stereocenters. The number of methoxy groups -OCH3 is 1. The summed E-state index contributed by atoms with van der Waals surface area (Å²) in [4.78, 5) is 8.75. The van der Waals surface area contributed by atoms with Crippen LogP contribution in [0, 0.1) is 6.92 Å². The quantitative estimate of drug-likeness (QED) is 0.783. The van der Waals surface area contributed by atoms with Crippen molar-refractivity contribution in [1.82, 2.24) is 14.5 Å². The average molecular weight is 333 g/mol. The molecule has 2 heterocycles. The molecule has 20 heavy (non-hydrogen) atoms. The van der Waals surface area contributed by atoms with Gasteiger partial charge in [-0.3, -0.25) is 4.57 Å². The number of nitrogens with two attached hydrogens (primary N) is 1. The van der Waals surface area contributed by atoms with Crippen LogP contribution in [0.1, 0.15) is 5.56 Å². The molecule has 0 radical (unpaired) electrons. The zero-order valence-electron chi connectivity index (χ0n) is 11.1. The third-order valence-corrected chi connectivity index (χ3v) is 3.50. The van der Waals surface area contributed by atoms with Crippen LogP contribution in [-0.4, -0.2) is 21.6 Å². The summed E-state index contributed by atoms with van der Waals surface area (Å²) < 4.78 is 8.08. The van der Waals surface area contributed by atoms with Gasteiger partial charge in [0.2, 0.25) is 5.95 Å². The van der Waals surface area contributed by atoms with Crippen LogP contribution < -0.4 is 10.5 Å². The van der Waals surface area contributed by atoms with Crippen molar-refractivity contribution in [3.63, 3.8) is 0 Å². The molecule has 2 aromatic heterocycles. The van der Waals surface area contributed by atoms with Gasteiger partial charge in [-0.2, -0.15) is 0 Å². The van der Waals surface area contributed by atoms with Crippen LogP contribution in [0.4, 0.5) is 5.95 Å². The van der Waals surface area contributed by atoms with Crippen LogP contribution in [0.2, 0.25) is 0 Å². The summed E-state index contributed by atoms with van der Waals surface area (Å²) in [6, 6.07) is 7.79. The fraction of sp³-hybridized carbons (Fsp3) is 0.143. The Balaban J connectivity index is 2.34. The summed E-state index contributed by atoms with van der Waals surface area (Å²) in [5, 5.41) is 0. The minimum Gasteiger partial charge on any atom is -0.495 e. The topological polar surface area (TPSA) is 66.0 Å². The van der Waals surface area contributed by atoms with Crippen molar-refractivity contribution >= 4 is 33.0 Å². The molecule has 0 saturated carbocycles. The summed E-state index contributed by atoms with van der Waals surface area (Å²) in [6.07, 6.45) is 1.72. The van der Waals surface area contributed by atoms with Gasteiger partial charge in [0, 0.05) is 10.7 Å². The summed E-state index contributed by atoms with van der Waals surface area (Å²) >= 11 is 3.38. The number of aryl methyl sites for hydroxylation is 1. The lowest BCUT2D eigenvalue weighted by atomic mass is 10.2. The van der Waals surface area contributed by atoms with Crippen LogP contribution in [0.15, 0.2) is 34.9 Å². The molecule has 0 atom stereocenters. The third-order valence-electron chi connectivity index (χ3n) is 3.07. The number of ether oxygens (including phenoxy) is 1. The highest BCUT2D eigenvalue weighted by atomic mass is 79.9. The Morgan fingerprint density at radius 2 is 2.10 bits per heavy atom. The minimum absolute atomic E-state index is 0.384. The van der Waals surface area contributed by atoms with Crippen molar-refractivity contribution in [2.45, 2.75) is 6.92 Å². The fourth-order valence-electron chi connectivity index (χ4n) is 2.17. The zero-order chi connectivity index (χ0) is 14.3. The first-order valence-electron chi connectivity index (χ1n) is 6.04. The lowest BCUT2D eigenvalue weighted by molar-refractivity contribution is 0.413. The predicted octanol–water partition coefficient (Wildman–Crippen LogP) is 3.08. The number of hydrogen-bond donors (Lipinski definition) is 1. The second kappa shape index (κ2) is 4.79. The molecule has 0 aliphatic heterocycles. The fourth-order valence-corrected chi connectivity index (χ4v) is 2.49. The number of nitrogen functional groups attached to an aromatic ring is 1. The second-order valence-electron chi connectivity index (χ2n) is 4.48. The molecule has 0 aliphatic rings. The third kappa shape index (κ3) is 2.02. The van der Waals surface area contributed by atoms with E-state index >= 15 is 0 Å². The highest BCUT2D eigenvalue weighted by Gasteiger charge is 2.15. The summed E-state index contributed by atoms with van der Waals surface area (Å²) in [5.74, 6) is 1.11. The van der Waals surface area contributed by atoms with E-state index in [1.165, 1.54) is 0 Å². The largest absolute Gasteiger partial charge is 0.495 e. The van der Waals surface area contributed by atoms with E-state index in [2.05, 4.69) is 25.9 Å². The SMILES string of the molecule is COc1ccc(C)cc1-n1c(N)nc2cc(Br)cnc21. The van der Waals surface area contributed by atoms with Gasteiger partial charge in [0.15, 0.2) is 5.65 Å². The Morgan fingerprint density at radius 3 is 2.85 bits per heavy atom. The van der Waals surface area contributed by atoms with Crippen molar-refractivity contribution < 1.29 is 4.74 Å². The lowest BCUT2D eigenvalue weighted by Crippen LogP contribution is -2.04. The number of benzene rings is 1. The Kier molecular flexibility index (Phi) is 3.10. The summed E-state index contributed by atoms with van der Waals surface area (Å²) in [5.41, 5.74) is 9.44. The van der Waals surface area contributed by atoms with Gasteiger partial charge in [0.05, 0.1) is 12.8 Å². The molecular weight excluding hydrogens is 320 g/mol. The van der Waals surface area contributed by atoms with Crippen molar-refractivity contribution in [3.8, 4) is 11.4 Å².